The normalized spacial score (nSPS) is 24.3. The summed E-state index contributed by atoms with van der Waals surface area (Å²) in [5.41, 5.74) is 0. The van der Waals surface area contributed by atoms with Crippen molar-refractivity contribution in [2.24, 2.45) is 5.92 Å². The molecule has 0 aromatic carbocycles. The fourth-order valence-electron chi connectivity index (χ4n) is 2.61. The van der Waals surface area contributed by atoms with E-state index in [0.29, 0.717) is 24.3 Å². The topological polar surface area (TPSA) is 52.6 Å². The van der Waals surface area contributed by atoms with Gasteiger partial charge < -0.3 is 15.3 Å². The quantitative estimate of drug-likeness (QED) is 0.677. The molecule has 2 N–H and O–H groups in total. The lowest BCUT2D eigenvalue weighted by Crippen LogP contribution is -2.51. The monoisotopic (exact) mass is 256 g/mol. The molecule has 2 atom stereocenters. The lowest BCUT2D eigenvalue weighted by Gasteiger charge is -2.38. The highest BCUT2D eigenvalue weighted by Gasteiger charge is 2.28. The summed E-state index contributed by atoms with van der Waals surface area (Å²) in [5.74, 6) is 0.913. The Hall–Kier alpha value is -0.610. The average molecular weight is 256 g/mol. The zero-order valence-electron chi connectivity index (χ0n) is 11.8. The predicted molar refractivity (Wildman–Crippen MR) is 73.4 cm³/mol. The van der Waals surface area contributed by atoms with Gasteiger partial charge in [0.1, 0.15) is 0 Å². The van der Waals surface area contributed by atoms with Gasteiger partial charge in [-0.25, -0.2) is 0 Å². The maximum absolute atomic E-state index is 12.0. The van der Waals surface area contributed by atoms with Crippen LogP contribution in [0.15, 0.2) is 0 Å². The van der Waals surface area contributed by atoms with E-state index in [9.17, 15) is 4.79 Å². The lowest BCUT2D eigenvalue weighted by molar-refractivity contribution is -0.133. The minimum absolute atomic E-state index is 0.232. The molecule has 4 nitrogen and oxygen atoms in total. The molecule has 1 amide bonds. The molecule has 0 aromatic rings. The maximum atomic E-state index is 12.0. The van der Waals surface area contributed by atoms with Crippen molar-refractivity contribution in [2.75, 3.05) is 26.2 Å². The van der Waals surface area contributed by atoms with Crippen LogP contribution in [-0.2, 0) is 4.79 Å². The van der Waals surface area contributed by atoms with Gasteiger partial charge in [0, 0.05) is 32.2 Å². The van der Waals surface area contributed by atoms with Gasteiger partial charge in [-0.1, -0.05) is 20.3 Å². The summed E-state index contributed by atoms with van der Waals surface area (Å²) in [6.07, 6.45) is 4.66. The fraction of sp³-hybridized carbons (Fsp3) is 0.929. The molecular weight excluding hydrogens is 228 g/mol. The van der Waals surface area contributed by atoms with Crippen LogP contribution in [0.4, 0.5) is 0 Å². The summed E-state index contributed by atoms with van der Waals surface area (Å²) >= 11 is 0. The van der Waals surface area contributed by atoms with Crippen molar-refractivity contribution in [1.29, 1.82) is 0 Å². The van der Waals surface area contributed by atoms with Crippen molar-refractivity contribution in [3.8, 4) is 0 Å². The average Bonchev–Trinajstić information content (AvgIpc) is 2.39. The second-order valence-corrected chi connectivity index (χ2v) is 5.29. The summed E-state index contributed by atoms with van der Waals surface area (Å²) in [7, 11) is 0. The molecule has 0 aliphatic carbocycles. The molecule has 0 spiro atoms. The van der Waals surface area contributed by atoms with Crippen LogP contribution in [0.5, 0.6) is 0 Å². The molecule has 1 aliphatic heterocycles. The molecular formula is C14H28N2O2. The number of likely N-dealkylation sites (tertiary alicyclic amines) is 1. The van der Waals surface area contributed by atoms with Crippen LogP contribution in [0.25, 0.3) is 0 Å². The van der Waals surface area contributed by atoms with Crippen LogP contribution in [-0.4, -0.2) is 48.2 Å². The first-order chi connectivity index (χ1) is 8.71. The van der Waals surface area contributed by atoms with Gasteiger partial charge in [0.15, 0.2) is 0 Å². The minimum Gasteiger partial charge on any atom is -0.396 e. The second kappa shape index (κ2) is 8.48. The highest BCUT2D eigenvalue weighted by Crippen LogP contribution is 2.20. The molecule has 1 saturated heterocycles. The number of hydrogen-bond acceptors (Lipinski definition) is 3. The van der Waals surface area contributed by atoms with Crippen LogP contribution in [0.3, 0.4) is 0 Å². The molecule has 0 saturated carbocycles. The van der Waals surface area contributed by atoms with E-state index in [-0.39, 0.29) is 6.61 Å². The van der Waals surface area contributed by atoms with Crippen molar-refractivity contribution in [3.05, 3.63) is 0 Å². The van der Waals surface area contributed by atoms with Crippen LogP contribution in [0.2, 0.25) is 0 Å². The van der Waals surface area contributed by atoms with Gasteiger partial charge in [0.05, 0.1) is 0 Å². The molecule has 1 fully saturated rings. The second-order valence-electron chi connectivity index (χ2n) is 5.29. The number of carbonyl (C=O) groups is 1. The molecule has 1 aliphatic rings. The number of piperidine rings is 1. The molecule has 106 valence electrons. The zero-order chi connectivity index (χ0) is 13.4. The first-order valence-corrected chi connectivity index (χ1v) is 7.33. The molecule has 4 heteroatoms. The van der Waals surface area contributed by atoms with Crippen LogP contribution in [0, 0.1) is 5.92 Å². The van der Waals surface area contributed by atoms with Gasteiger partial charge in [-0.15, -0.1) is 0 Å². The third-order valence-corrected chi connectivity index (χ3v) is 3.70. The van der Waals surface area contributed by atoms with E-state index in [4.69, 9.17) is 5.11 Å². The van der Waals surface area contributed by atoms with Gasteiger partial charge in [0.25, 0.3) is 0 Å². The van der Waals surface area contributed by atoms with Crippen molar-refractivity contribution >= 4 is 5.91 Å². The standard InChI is InChI=1S/C14H28N2O2/c1-3-6-14(18)16-10-12(4-2)9-13(11-16)15-7-5-8-17/h12-13,15,17H,3-11H2,1-2H3. The van der Waals surface area contributed by atoms with Crippen molar-refractivity contribution in [2.45, 2.75) is 52.0 Å². The molecule has 2 unspecified atom stereocenters. The molecule has 0 radical (unpaired) electrons. The number of amides is 1. The summed E-state index contributed by atoms with van der Waals surface area (Å²) in [4.78, 5) is 14.0. The van der Waals surface area contributed by atoms with Gasteiger partial charge in [0.2, 0.25) is 5.91 Å². The number of aliphatic hydroxyl groups excluding tert-OH is 1. The van der Waals surface area contributed by atoms with E-state index in [1.807, 2.05) is 4.90 Å². The largest absolute Gasteiger partial charge is 0.396 e. The number of carbonyl (C=O) groups excluding carboxylic acids is 1. The van der Waals surface area contributed by atoms with Gasteiger partial charge in [-0.2, -0.15) is 0 Å². The van der Waals surface area contributed by atoms with Crippen molar-refractivity contribution in [1.82, 2.24) is 10.2 Å². The smallest absolute Gasteiger partial charge is 0.222 e. The Labute approximate surface area is 111 Å². The minimum atomic E-state index is 0.232. The molecule has 0 bridgehead atoms. The third kappa shape index (κ3) is 4.94. The number of rotatable bonds is 7. The van der Waals surface area contributed by atoms with Gasteiger partial charge >= 0.3 is 0 Å². The SMILES string of the molecule is CCCC(=O)N1CC(CC)CC(NCCCO)C1. The Morgan fingerprint density at radius 1 is 1.39 bits per heavy atom. The van der Waals surface area contributed by atoms with Crippen LogP contribution in [0.1, 0.15) is 46.0 Å². The van der Waals surface area contributed by atoms with E-state index in [0.717, 1.165) is 45.3 Å². The lowest BCUT2D eigenvalue weighted by atomic mass is 9.91. The van der Waals surface area contributed by atoms with E-state index in [2.05, 4.69) is 19.2 Å². The first kappa shape index (κ1) is 15.4. The highest BCUT2D eigenvalue weighted by atomic mass is 16.3. The molecule has 1 heterocycles. The third-order valence-electron chi connectivity index (χ3n) is 3.70. The van der Waals surface area contributed by atoms with E-state index < -0.39 is 0 Å². The summed E-state index contributed by atoms with van der Waals surface area (Å²) in [5, 5.41) is 12.3. The number of aliphatic hydroxyl groups is 1. The Morgan fingerprint density at radius 2 is 2.17 bits per heavy atom. The Kier molecular flexibility index (Phi) is 7.28. The number of nitrogens with one attached hydrogen (secondary N) is 1. The zero-order valence-corrected chi connectivity index (χ0v) is 11.8. The Morgan fingerprint density at radius 3 is 2.78 bits per heavy atom. The highest BCUT2D eigenvalue weighted by molar-refractivity contribution is 5.76. The summed E-state index contributed by atoms with van der Waals surface area (Å²) in [6, 6.07) is 0.399. The molecule has 18 heavy (non-hydrogen) atoms. The van der Waals surface area contributed by atoms with Crippen LogP contribution < -0.4 is 5.32 Å². The van der Waals surface area contributed by atoms with Crippen molar-refractivity contribution < 1.29 is 9.90 Å². The summed E-state index contributed by atoms with van der Waals surface area (Å²) < 4.78 is 0. The van der Waals surface area contributed by atoms with E-state index in [1.54, 1.807) is 0 Å². The summed E-state index contributed by atoms with van der Waals surface area (Å²) in [6.45, 7) is 7.08. The van der Waals surface area contributed by atoms with Crippen LogP contribution >= 0.6 is 0 Å². The molecule has 1 rings (SSSR count). The fourth-order valence-corrected chi connectivity index (χ4v) is 2.61. The number of nitrogens with zero attached hydrogens (tertiary/aromatic N) is 1. The van der Waals surface area contributed by atoms with Gasteiger partial charge in [-0.05, 0) is 31.7 Å². The maximum Gasteiger partial charge on any atom is 0.222 e. The Bertz CT molecular complexity index is 246. The van der Waals surface area contributed by atoms with E-state index in [1.165, 1.54) is 0 Å². The number of hydrogen-bond donors (Lipinski definition) is 2. The predicted octanol–water partition coefficient (Wildman–Crippen LogP) is 1.39. The van der Waals surface area contributed by atoms with E-state index >= 15 is 0 Å². The van der Waals surface area contributed by atoms with Gasteiger partial charge in [-0.3, -0.25) is 4.79 Å². The first-order valence-electron chi connectivity index (χ1n) is 7.33. The molecule has 0 aromatic heterocycles. The van der Waals surface area contributed by atoms with Crippen molar-refractivity contribution in [3.63, 3.8) is 0 Å². The Balaban J connectivity index is 2.46.